The summed E-state index contributed by atoms with van der Waals surface area (Å²) < 4.78 is 33.4. The Bertz CT molecular complexity index is 1110. The highest BCUT2D eigenvalue weighted by Crippen LogP contribution is 2.29. The van der Waals surface area contributed by atoms with Gasteiger partial charge in [0.25, 0.3) is 15.9 Å². The standard InChI is InChI=1S/C25H31N3O5S/c1-3-18-26-24(30)25(16-6-5-7-17-25)27-23(29)19-8-14-22(15-9-19)34(31,32)28-20-10-12-21(13-11-20)33-4-2/h3,8-15,28H,1,4-7,16-18H2,2H3,(H,26,30)(H,27,29). The second-order valence-corrected chi connectivity index (χ2v) is 9.87. The number of sulfonamides is 1. The molecule has 1 aliphatic rings. The molecular weight excluding hydrogens is 454 g/mol. The molecular formula is C25H31N3O5S. The molecule has 8 nitrogen and oxygen atoms in total. The molecule has 0 atom stereocenters. The Labute approximate surface area is 200 Å². The Hall–Kier alpha value is -3.33. The van der Waals surface area contributed by atoms with Gasteiger partial charge in [-0.15, -0.1) is 6.58 Å². The van der Waals surface area contributed by atoms with Crippen molar-refractivity contribution in [2.24, 2.45) is 0 Å². The Kier molecular flexibility index (Phi) is 8.33. The van der Waals surface area contributed by atoms with Crippen LogP contribution in [0.4, 0.5) is 5.69 Å². The van der Waals surface area contributed by atoms with E-state index < -0.39 is 21.5 Å². The molecule has 0 heterocycles. The lowest BCUT2D eigenvalue weighted by atomic mass is 9.80. The van der Waals surface area contributed by atoms with E-state index in [9.17, 15) is 18.0 Å². The molecule has 1 fully saturated rings. The average molecular weight is 486 g/mol. The molecule has 3 rings (SSSR count). The van der Waals surface area contributed by atoms with E-state index in [0.29, 0.717) is 37.4 Å². The van der Waals surface area contributed by atoms with Gasteiger partial charge in [-0.2, -0.15) is 0 Å². The van der Waals surface area contributed by atoms with Crippen LogP contribution >= 0.6 is 0 Å². The summed E-state index contributed by atoms with van der Waals surface area (Å²) in [7, 11) is -3.84. The summed E-state index contributed by atoms with van der Waals surface area (Å²) >= 11 is 0. The third-order valence-corrected chi connectivity index (χ3v) is 7.14. The van der Waals surface area contributed by atoms with Gasteiger partial charge in [0.1, 0.15) is 11.3 Å². The van der Waals surface area contributed by atoms with Gasteiger partial charge < -0.3 is 15.4 Å². The van der Waals surface area contributed by atoms with Crippen molar-refractivity contribution < 1.29 is 22.7 Å². The fourth-order valence-corrected chi connectivity index (χ4v) is 5.03. The predicted molar refractivity (Wildman–Crippen MR) is 131 cm³/mol. The Balaban J connectivity index is 1.71. The van der Waals surface area contributed by atoms with E-state index >= 15 is 0 Å². The smallest absolute Gasteiger partial charge is 0.261 e. The number of carbonyl (C=O) groups is 2. The molecule has 0 unspecified atom stereocenters. The monoisotopic (exact) mass is 485 g/mol. The Morgan fingerprint density at radius 1 is 1.03 bits per heavy atom. The molecule has 0 aliphatic heterocycles. The van der Waals surface area contributed by atoms with Crippen molar-refractivity contribution in [3.05, 3.63) is 66.7 Å². The number of rotatable bonds is 10. The molecule has 0 spiro atoms. The first-order chi connectivity index (χ1) is 16.3. The van der Waals surface area contributed by atoms with Gasteiger partial charge in [-0.3, -0.25) is 14.3 Å². The quantitative estimate of drug-likeness (QED) is 0.445. The van der Waals surface area contributed by atoms with Gasteiger partial charge >= 0.3 is 0 Å². The first-order valence-corrected chi connectivity index (χ1v) is 12.9. The van der Waals surface area contributed by atoms with Crippen molar-refractivity contribution in [2.45, 2.75) is 49.5 Å². The maximum Gasteiger partial charge on any atom is 0.261 e. The van der Waals surface area contributed by atoms with Crippen molar-refractivity contribution in [1.29, 1.82) is 0 Å². The molecule has 0 bridgehead atoms. The SMILES string of the molecule is C=CCNC(=O)C1(NC(=O)c2ccc(S(=O)(=O)Nc3ccc(OCC)cc3)cc2)CCCCC1. The van der Waals surface area contributed by atoms with Crippen LogP contribution in [0.3, 0.4) is 0 Å². The lowest BCUT2D eigenvalue weighted by Gasteiger charge is -2.36. The molecule has 0 aromatic heterocycles. The molecule has 9 heteroatoms. The number of anilines is 1. The van der Waals surface area contributed by atoms with Gasteiger partial charge in [-0.25, -0.2) is 8.42 Å². The maximum absolute atomic E-state index is 12.9. The van der Waals surface area contributed by atoms with Gasteiger partial charge in [0.15, 0.2) is 0 Å². The summed E-state index contributed by atoms with van der Waals surface area (Å²) in [6.45, 7) is 6.32. The van der Waals surface area contributed by atoms with E-state index in [-0.39, 0.29) is 16.4 Å². The molecule has 0 radical (unpaired) electrons. The first-order valence-electron chi connectivity index (χ1n) is 11.4. The fourth-order valence-electron chi connectivity index (χ4n) is 3.97. The minimum atomic E-state index is -3.84. The number of amides is 2. The van der Waals surface area contributed by atoms with Gasteiger partial charge in [-0.1, -0.05) is 25.3 Å². The van der Waals surface area contributed by atoms with Gasteiger partial charge in [0.05, 0.1) is 11.5 Å². The number of benzene rings is 2. The van der Waals surface area contributed by atoms with Crippen LogP contribution in [0.15, 0.2) is 66.1 Å². The molecule has 1 saturated carbocycles. The van der Waals surface area contributed by atoms with Crippen molar-refractivity contribution in [2.75, 3.05) is 17.9 Å². The van der Waals surface area contributed by atoms with E-state index in [0.717, 1.165) is 19.3 Å². The fraction of sp³-hybridized carbons (Fsp3) is 0.360. The highest BCUT2D eigenvalue weighted by atomic mass is 32.2. The third-order valence-electron chi connectivity index (χ3n) is 5.75. The van der Waals surface area contributed by atoms with Crippen LogP contribution in [0, 0.1) is 0 Å². The van der Waals surface area contributed by atoms with Crippen LogP contribution < -0.4 is 20.1 Å². The summed E-state index contributed by atoms with van der Waals surface area (Å²) in [6, 6.07) is 12.2. The van der Waals surface area contributed by atoms with Crippen molar-refractivity contribution in [1.82, 2.24) is 10.6 Å². The molecule has 0 saturated heterocycles. The van der Waals surface area contributed by atoms with E-state index in [1.54, 1.807) is 30.3 Å². The van der Waals surface area contributed by atoms with Gasteiger partial charge in [0, 0.05) is 17.8 Å². The van der Waals surface area contributed by atoms with Crippen LogP contribution in [0.1, 0.15) is 49.4 Å². The third kappa shape index (κ3) is 6.17. The number of carbonyl (C=O) groups excluding carboxylic acids is 2. The highest BCUT2D eigenvalue weighted by molar-refractivity contribution is 7.92. The summed E-state index contributed by atoms with van der Waals surface area (Å²) in [5.41, 5.74) is -0.297. The second kappa shape index (κ2) is 11.2. The zero-order chi connectivity index (χ0) is 24.6. The maximum atomic E-state index is 12.9. The van der Waals surface area contributed by atoms with E-state index in [4.69, 9.17) is 4.74 Å². The van der Waals surface area contributed by atoms with E-state index in [1.165, 1.54) is 24.3 Å². The van der Waals surface area contributed by atoms with Crippen LogP contribution in [-0.4, -0.2) is 38.9 Å². The topological polar surface area (TPSA) is 114 Å². The van der Waals surface area contributed by atoms with Gasteiger partial charge in [0.2, 0.25) is 5.91 Å². The number of nitrogens with one attached hydrogen (secondary N) is 3. The molecule has 2 aromatic carbocycles. The molecule has 34 heavy (non-hydrogen) atoms. The first kappa shape index (κ1) is 25.3. The Morgan fingerprint density at radius 2 is 1.68 bits per heavy atom. The number of hydrogen-bond acceptors (Lipinski definition) is 5. The largest absolute Gasteiger partial charge is 0.494 e. The van der Waals surface area contributed by atoms with Crippen LogP contribution in [0.5, 0.6) is 5.75 Å². The van der Waals surface area contributed by atoms with Gasteiger partial charge in [-0.05, 0) is 68.3 Å². The Morgan fingerprint density at radius 3 is 2.26 bits per heavy atom. The predicted octanol–water partition coefficient (Wildman–Crippen LogP) is 3.62. The van der Waals surface area contributed by atoms with Crippen LogP contribution in [0.2, 0.25) is 0 Å². The summed E-state index contributed by atoms with van der Waals surface area (Å²) in [5.74, 6) is 0.00741. The summed E-state index contributed by atoms with van der Waals surface area (Å²) in [5, 5.41) is 5.70. The van der Waals surface area contributed by atoms with E-state index in [1.807, 2.05) is 6.92 Å². The van der Waals surface area contributed by atoms with Crippen molar-refractivity contribution >= 4 is 27.5 Å². The van der Waals surface area contributed by atoms with Crippen LogP contribution in [0.25, 0.3) is 0 Å². The lowest BCUT2D eigenvalue weighted by Crippen LogP contribution is -2.59. The zero-order valence-corrected chi connectivity index (χ0v) is 20.1. The van der Waals surface area contributed by atoms with Crippen molar-refractivity contribution in [3.63, 3.8) is 0 Å². The summed E-state index contributed by atoms with van der Waals surface area (Å²) in [6.07, 6.45) is 5.41. The van der Waals surface area contributed by atoms with Crippen LogP contribution in [-0.2, 0) is 14.8 Å². The normalized spacial score (nSPS) is 15.1. The minimum Gasteiger partial charge on any atom is -0.494 e. The number of hydrogen-bond donors (Lipinski definition) is 3. The molecule has 182 valence electrons. The molecule has 3 N–H and O–H groups in total. The minimum absolute atomic E-state index is 0.0223. The van der Waals surface area contributed by atoms with E-state index in [2.05, 4.69) is 21.9 Å². The second-order valence-electron chi connectivity index (χ2n) is 8.18. The molecule has 2 amide bonds. The molecule has 1 aliphatic carbocycles. The lowest BCUT2D eigenvalue weighted by molar-refractivity contribution is -0.128. The summed E-state index contributed by atoms with van der Waals surface area (Å²) in [4.78, 5) is 25.8. The number of ether oxygens (including phenoxy) is 1. The highest BCUT2D eigenvalue weighted by Gasteiger charge is 2.40. The van der Waals surface area contributed by atoms with Crippen molar-refractivity contribution in [3.8, 4) is 5.75 Å². The zero-order valence-electron chi connectivity index (χ0n) is 19.3. The molecule has 2 aromatic rings. The average Bonchev–Trinajstić information content (AvgIpc) is 2.84.